The number of aryl methyl sites for hydroxylation is 1. The molecule has 7 heteroatoms. The average molecular weight is 415 g/mol. The molecule has 146 valence electrons. The summed E-state index contributed by atoms with van der Waals surface area (Å²) in [5.41, 5.74) is 2.20. The summed E-state index contributed by atoms with van der Waals surface area (Å²) >= 11 is 7.48. The minimum absolute atomic E-state index is 0.0689. The van der Waals surface area contributed by atoms with Gasteiger partial charge in [0.05, 0.1) is 12.3 Å². The van der Waals surface area contributed by atoms with Crippen molar-refractivity contribution in [3.05, 3.63) is 76.6 Å². The van der Waals surface area contributed by atoms with E-state index >= 15 is 0 Å². The van der Waals surface area contributed by atoms with E-state index in [0.717, 1.165) is 16.5 Å². The smallest absolute Gasteiger partial charge is 0.233 e. The number of carbonyl (C=O) groups is 1. The highest BCUT2D eigenvalue weighted by Crippen LogP contribution is 2.20. The van der Waals surface area contributed by atoms with Gasteiger partial charge >= 0.3 is 0 Å². The van der Waals surface area contributed by atoms with Crippen LogP contribution in [0.2, 0.25) is 5.02 Å². The van der Waals surface area contributed by atoms with Crippen LogP contribution in [0.15, 0.2) is 59.8 Å². The minimum atomic E-state index is 0.0689. The van der Waals surface area contributed by atoms with Crippen LogP contribution in [0.3, 0.4) is 0 Å². The van der Waals surface area contributed by atoms with Gasteiger partial charge in [0.25, 0.3) is 0 Å². The van der Waals surface area contributed by atoms with Crippen LogP contribution in [0.25, 0.3) is 0 Å². The lowest BCUT2D eigenvalue weighted by molar-refractivity contribution is -0.128. The van der Waals surface area contributed by atoms with Crippen LogP contribution in [0.4, 0.5) is 0 Å². The highest BCUT2D eigenvalue weighted by atomic mass is 35.5. The fourth-order valence-electron chi connectivity index (χ4n) is 2.87. The van der Waals surface area contributed by atoms with Crippen LogP contribution in [-0.4, -0.2) is 37.9 Å². The van der Waals surface area contributed by atoms with E-state index in [4.69, 9.17) is 11.6 Å². The molecule has 5 nitrogen and oxygen atoms in total. The van der Waals surface area contributed by atoms with Gasteiger partial charge in [0.15, 0.2) is 5.16 Å². The molecule has 0 bridgehead atoms. The quantitative estimate of drug-likeness (QED) is 0.511. The lowest BCUT2D eigenvalue weighted by Gasteiger charge is -2.21. The highest BCUT2D eigenvalue weighted by Gasteiger charge is 2.16. The molecule has 1 amide bonds. The normalized spacial score (nSPS) is 10.8. The lowest BCUT2D eigenvalue weighted by Crippen LogP contribution is -2.31. The maximum Gasteiger partial charge on any atom is 0.233 e. The number of halogens is 1. The molecule has 0 N–H and O–H groups in total. The summed E-state index contributed by atoms with van der Waals surface area (Å²) in [4.78, 5) is 14.6. The first-order valence-electron chi connectivity index (χ1n) is 9.15. The second-order valence-corrected chi connectivity index (χ2v) is 7.81. The van der Waals surface area contributed by atoms with E-state index in [0.29, 0.717) is 30.4 Å². The second kappa shape index (κ2) is 9.75. The molecule has 0 spiro atoms. The summed E-state index contributed by atoms with van der Waals surface area (Å²) in [6.45, 7) is 5.79. The minimum Gasteiger partial charge on any atom is -0.338 e. The molecule has 28 heavy (non-hydrogen) atoms. The van der Waals surface area contributed by atoms with Crippen LogP contribution in [0, 0.1) is 6.92 Å². The fourth-order valence-corrected chi connectivity index (χ4v) is 3.97. The Morgan fingerprint density at radius 2 is 1.86 bits per heavy atom. The molecule has 0 aliphatic heterocycles. The first-order chi connectivity index (χ1) is 13.6. The van der Waals surface area contributed by atoms with E-state index in [9.17, 15) is 4.79 Å². The van der Waals surface area contributed by atoms with Crippen LogP contribution in [-0.2, 0) is 17.9 Å². The zero-order chi connectivity index (χ0) is 19.9. The van der Waals surface area contributed by atoms with Crippen molar-refractivity contribution in [1.82, 2.24) is 19.7 Å². The first kappa shape index (κ1) is 20.4. The van der Waals surface area contributed by atoms with Crippen LogP contribution in [0.1, 0.15) is 23.9 Å². The van der Waals surface area contributed by atoms with Gasteiger partial charge in [-0.1, -0.05) is 65.8 Å². The van der Waals surface area contributed by atoms with E-state index in [1.54, 1.807) is 0 Å². The molecule has 0 saturated carbocycles. The number of nitrogens with zero attached hydrogens (tertiary/aromatic N) is 4. The summed E-state index contributed by atoms with van der Waals surface area (Å²) in [7, 11) is 0. The summed E-state index contributed by atoms with van der Waals surface area (Å²) in [5.74, 6) is 1.23. The first-order valence-corrected chi connectivity index (χ1v) is 10.5. The molecular formula is C21H23ClN4OS. The van der Waals surface area contributed by atoms with E-state index in [-0.39, 0.29) is 5.91 Å². The van der Waals surface area contributed by atoms with Crippen molar-refractivity contribution in [2.24, 2.45) is 0 Å². The summed E-state index contributed by atoms with van der Waals surface area (Å²) in [5, 5.41) is 9.88. The molecule has 0 unspecified atom stereocenters. The van der Waals surface area contributed by atoms with Crippen molar-refractivity contribution in [3.8, 4) is 0 Å². The Labute approximate surface area is 174 Å². The van der Waals surface area contributed by atoms with Gasteiger partial charge in [0.2, 0.25) is 5.91 Å². The van der Waals surface area contributed by atoms with E-state index in [1.807, 2.05) is 65.8 Å². The van der Waals surface area contributed by atoms with Gasteiger partial charge in [-0.25, -0.2) is 0 Å². The molecule has 0 atom stereocenters. The molecule has 3 rings (SSSR count). The number of carbonyl (C=O) groups excluding carboxylic acids is 1. The molecule has 0 fully saturated rings. The van der Waals surface area contributed by atoms with E-state index < -0.39 is 0 Å². The fraction of sp³-hybridized carbons (Fsp3) is 0.286. The second-order valence-electron chi connectivity index (χ2n) is 6.43. The molecule has 3 aromatic rings. The van der Waals surface area contributed by atoms with Gasteiger partial charge in [-0.15, -0.1) is 10.2 Å². The summed E-state index contributed by atoms with van der Waals surface area (Å²) in [6.07, 6.45) is 0. The Morgan fingerprint density at radius 3 is 2.57 bits per heavy atom. The van der Waals surface area contributed by atoms with Gasteiger partial charge in [0.1, 0.15) is 5.82 Å². The zero-order valence-corrected chi connectivity index (χ0v) is 17.6. The van der Waals surface area contributed by atoms with Crippen molar-refractivity contribution in [1.29, 1.82) is 0 Å². The SMILES string of the molecule is CCN(Cc1cccc(Cl)c1)C(=O)CSc1nnc(C)n1Cc1ccccc1. The Hall–Kier alpha value is -2.31. The topological polar surface area (TPSA) is 51.0 Å². The molecule has 0 aliphatic rings. The van der Waals surface area contributed by atoms with Crippen LogP contribution in [0.5, 0.6) is 0 Å². The largest absolute Gasteiger partial charge is 0.338 e. The Kier molecular flexibility index (Phi) is 7.12. The summed E-state index contributed by atoms with van der Waals surface area (Å²) in [6, 6.07) is 17.8. The molecule has 2 aromatic carbocycles. The Bertz CT molecular complexity index is 929. The standard InChI is InChI=1S/C21H23ClN4OS/c1-3-25(13-18-10-7-11-19(22)12-18)20(27)15-28-21-24-23-16(2)26(21)14-17-8-5-4-6-9-17/h4-12H,3,13-15H2,1-2H3. The van der Waals surface area contributed by atoms with Gasteiger partial charge in [-0.2, -0.15) is 0 Å². The molecule has 0 aliphatic carbocycles. The highest BCUT2D eigenvalue weighted by molar-refractivity contribution is 7.99. The molecule has 1 heterocycles. The molecule has 1 aromatic heterocycles. The summed E-state index contributed by atoms with van der Waals surface area (Å²) < 4.78 is 2.04. The molecular weight excluding hydrogens is 392 g/mol. The van der Waals surface area contributed by atoms with Crippen molar-refractivity contribution >= 4 is 29.3 Å². The predicted molar refractivity (Wildman–Crippen MR) is 114 cm³/mol. The molecule has 0 radical (unpaired) electrons. The third kappa shape index (κ3) is 5.36. The number of hydrogen-bond donors (Lipinski definition) is 0. The van der Waals surface area contributed by atoms with Crippen molar-refractivity contribution in [3.63, 3.8) is 0 Å². The van der Waals surface area contributed by atoms with E-state index in [1.165, 1.54) is 17.3 Å². The number of hydrogen-bond acceptors (Lipinski definition) is 4. The van der Waals surface area contributed by atoms with Crippen LogP contribution >= 0.6 is 23.4 Å². The van der Waals surface area contributed by atoms with Gasteiger partial charge in [-0.3, -0.25) is 4.79 Å². The maximum atomic E-state index is 12.7. The number of aromatic nitrogens is 3. The monoisotopic (exact) mass is 414 g/mol. The number of rotatable bonds is 8. The predicted octanol–water partition coefficient (Wildman–Crippen LogP) is 4.43. The van der Waals surface area contributed by atoms with E-state index in [2.05, 4.69) is 22.3 Å². The lowest BCUT2D eigenvalue weighted by atomic mass is 10.2. The van der Waals surface area contributed by atoms with Crippen molar-refractivity contribution in [2.75, 3.05) is 12.3 Å². The van der Waals surface area contributed by atoms with Gasteiger partial charge in [0, 0.05) is 18.1 Å². The van der Waals surface area contributed by atoms with Crippen molar-refractivity contribution < 1.29 is 4.79 Å². The van der Waals surface area contributed by atoms with Crippen LogP contribution < -0.4 is 0 Å². The third-order valence-electron chi connectivity index (χ3n) is 4.41. The molecule has 0 saturated heterocycles. The number of benzene rings is 2. The van der Waals surface area contributed by atoms with Gasteiger partial charge in [-0.05, 0) is 37.1 Å². The number of thioether (sulfide) groups is 1. The zero-order valence-electron chi connectivity index (χ0n) is 16.0. The Balaban J connectivity index is 1.63. The third-order valence-corrected chi connectivity index (χ3v) is 5.59. The maximum absolute atomic E-state index is 12.7. The number of amides is 1. The average Bonchev–Trinajstić information content (AvgIpc) is 3.04. The Morgan fingerprint density at radius 1 is 1.11 bits per heavy atom. The van der Waals surface area contributed by atoms with Crippen molar-refractivity contribution in [2.45, 2.75) is 32.1 Å². The van der Waals surface area contributed by atoms with Gasteiger partial charge < -0.3 is 9.47 Å².